The minimum Gasteiger partial charge on any atom is -0.385 e. The Morgan fingerprint density at radius 3 is 2.90 bits per heavy atom. The third-order valence-electron chi connectivity index (χ3n) is 3.08. The summed E-state index contributed by atoms with van der Waals surface area (Å²) in [6.07, 6.45) is 6.48. The van der Waals surface area contributed by atoms with Crippen molar-refractivity contribution < 1.29 is 9.53 Å². The van der Waals surface area contributed by atoms with Crippen LogP contribution in [0.15, 0.2) is 18.5 Å². The Bertz CT molecular complexity index is 410. The minimum atomic E-state index is -0.0839. The van der Waals surface area contributed by atoms with Gasteiger partial charge in [-0.15, -0.1) is 0 Å². The third kappa shape index (κ3) is 5.57. The fraction of sp³-hybridized carbons (Fsp3) is 0.600. The number of carbonyl (C=O) groups is 1. The molecule has 1 rings (SSSR count). The van der Waals surface area contributed by atoms with Gasteiger partial charge in [0.15, 0.2) is 0 Å². The fourth-order valence-electron chi connectivity index (χ4n) is 1.81. The second-order valence-corrected chi connectivity index (χ2v) is 4.81. The number of rotatable bonds is 9. The predicted molar refractivity (Wildman–Crippen MR) is 81.2 cm³/mol. The van der Waals surface area contributed by atoms with Crippen molar-refractivity contribution in [2.24, 2.45) is 0 Å². The fourth-order valence-corrected chi connectivity index (χ4v) is 1.81. The van der Waals surface area contributed by atoms with Crippen LogP contribution in [0.25, 0.3) is 0 Å². The van der Waals surface area contributed by atoms with Gasteiger partial charge >= 0.3 is 0 Å². The van der Waals surface area contributed by atoms with Gasteiger partial charge in [0.25, 0.3) is 5.91 Å². The molecule has 0 radical (unpaired) electrons. The molecule has 0 aromatic carbocycles. The van der Waals surface area contributed by atoms with Gasteiger partial charge in [0.2, 0.25) is 0 Å². The van der Waals surface area contributed by atoms with E-state index in [1.165, 1.54) is 0 Å². The molecule has 0 atom stereocenters. The van der Waals surface area contributed by atoms with Gasteiger partial charge < -0.3 is 15.0 Å². The monoisotopic (exact) mass is 279 g/mol. The van der Waals surface area contributed by atoms with Gasteiger partial charge in [-0.3, -0.25) is 9.78 Å². The molecule has 1 aromatic rings. The first-order chi connectivity index (χ1) is 9.69. The number of anilines is 1. The van der Waals surface area contributed by atoms with Crippen molar-refractivity contribution >= 4 is 11.6 Å². The highest BCUT2D eigenvalue weighted by atomic mass is 16.5. The quantitative estimate of drug-likeness (QED) is 0.703. The summed E-state index contributed by atoms with van der Waals surface area (Å²) in [6.45, 7) is 4.40. The molecule has 1 amide bonds. The van der Waals surface area contributed by atoms with Crippen molar-refractivity contribution in [1.29, 1.82) is 0 Å². The van der Waals surface area contributed by atoms with E-state index in [4.69, 9.17) is 4.74 Å². The lowest BCUT2D eigenvalue weighted by atomic mass is 10.2. The zero-order valence-electron chi connectivity index (χ0n) is 12.7. The van der Waals surface area contributed by atoms with Crippen LogP contribution in [0.3, 0.4) is 0 Å². The summed E-state index contributed by atoms with van der Waals surface area (Å²) in [5.74, 6) is -0.0839. The lowest BCUT2D eigenvalue weighted by molar-refractivity contribution is 0.0948. The van der Waals surface area contributed by atoms with E-state index in [1.54, 1.807) is 19.5 Å². The van der Waals surface area contributed by atoms with Crippen LogP contribution >= 0.6 is 0 Å². The highest BCUT2D eigenvalue weighted by molar-refractivity contribution is 5.94. The molecule has 5 nitrogen and oxygen atoms in total. The second-order valence-electron chi connectivity index (χ2n) is 4.81. The smallest absolute Gasteiger partial charge is 0.252 e. The number of carbonyl (C=O) groups excluding carboxylic acids is 1. The molecule has 20 heavy (non-hydrogen) atoms. The number of pyridine rings is 1. The predicted octanol–water partition coefficient (Wildman–Crippen LogP) is 2.08. The van der Waals surface area contributed by atoms with Crippen LogP contribution in [-0.4, -0.2) is 44.7 Å². The van der Waals surface area contributed by atoms with Crippen LogP contribution < -0.4 is 10.2 Å². The Morgan fingerprint density at radius 2 is 2.20 bits per heavy atom. The van der Waals surface area contributed by atoms with Crippen LogP contribution in [0.2, 0.25) is 0 Å². The number of unbranched alkanes of at least 4 members (excludes halogenated alkanes) is 1. The van der Waals surface area contributed by atoms with Crippen molar-refractivity contribution in [2.45, 2.75) is 26.2 Å². The molecule has 0 fully saturated rings. The first-order valence-electron chi connectivity index (χ1n) is 7.12. The SMILES string of the molecule is CCCCN(C)c1cncc(C(=O)NCCCOC)c1. The molecular weight excluding hydrogens is 254 g/mol. The summed E-state index contributed by atoms with van der Waals surface area (Å²) in [5, 5.41) is 2.87. The average molecular weight is 279 g/mol. The molecule has 0 saturated carbocycles. The van der Waals surface area contributed by atoms with E-state index in [0.29, 0.717) is 18.7 Å². The lowest BCUT2D eigenvalue weighted by Crippen LogP contribution is -2.26. The van der Waals surface area contributed by atoms with E-state index in [9.17, 15) is 4.79 Å². The van der Waals surface area contributed by atoms with Crippen LogP contribution in [-0.2, 0) is 4.74 Å². The van der Waals surface area contributed by atoms with Crippen molar-refractivity contribution in [3.8, 4) is 0 Å². The molecule has 0 aliphatic carbocycles. The maximum absolute atomic E-state index is 12.0. The standard InChI is InChI=1S/C15H25N3O2/c1-4-5-8-18(2)14-10-13(11-16-12-14)15(19)17-7-6-9-20-3/h10-12H,4-9H2,1-3H3,(H,17,19). The van der Waals surface area contributed by atoms with E-state index < -0.39 is 0 Å². The van der Waals surface area contributed by atoms with Crippen molar-refractivity contribution in [3.63, 3.8) is 0 Å². The van der Waals surface area contributed by atoms with E-state index in [0.717, 1.165) is 31.5 Å². The Labute approximate surface area is 121 Å². The zero-order chi connectivity index (χ0) is 14.8. The zero-order valence-corrected chi connectivity index (χ0v) is 12.7. The number of methoxy groups -OCH3 is 1. The van der Waals surface area contributed by atoms with Gasteiger partial charge in [-0.1, -0.05) is 13.3 Å². The summed E-state index contributed by atoms with van der Waals surface area (Å²) in [4.78, 5) is 18.3. The van der Waals surface area contributed by atoms with Crippen molar-refractivity contribution in [2.75, 3.05) is 38.8 Å². The summed E-state index contributed by atoms with van der Waals surface area (Å²) >= 11 is 0. The average Bonchev–Trinajstić information content (AvgIpc) is 2.49. The van der Waals surface area contributed by atoms with Gasteiger partial charge in [-0.2, -0.15) is 0 Å². The number of aromatic nitrogens is 1. The number of nitrogens with one attached hydrogen (secondary N) is 1. The highest BCUT2D eigenvalue weighted by Crippen LogP contribution is 2.13. The summed E-state index contributed by atoms with van der Waals surface area (Å²) in [6, 6.07) is 1.88. The normalized spacial score (nSPS) is 10.3. The number of hydrogen-bond acceptors (Lipinski definition) is 4. The molecule has 1 N–H and O–H groups in total. The molecule has 1 heterocycles. The first kappa shape index (κ1) is 16.4. The van der Waals surface area contributed by atoms with Gasteiger partial charge in [-0.25, -0.2) is 0 Å². The van der Waals surface area contributed by atoms with Crippen LogP contribution in [0.5, 0.6) is 0 Å². The molecule has 0 aliphatic heterocycles. The second kappa shape index (κ2) is 9.31. The maximum atomic E-state index is 12.0. The first-order valence-corrected chi connectivity index (χ1v) is 7.12. The highest BCUT2D eigenvalue weighted by Gasteiger charge is 2.08. The molecule has 0 spiro atoms. The lowest BCUT2D eigenvalue weighted by Gasteiger charge is -2.19. The number of amides is 1. The van der Waals surface area contributed by atoms with Crippen LogP contribution in [0.4, 0.5) is 5.69 Å². The Morgan fingerprint density at radius 1 is 1.40 bits per heavy atom. The molecule has 0 saturated heterocycles. The molecule has 0 bridgehead atoms. The maximum Gasteiger partial charge on any atom is 0.252 e. The van der Waals surface area contributed by atoms with Crippen LogP contribution in [0.1, 0.15) is 36.5 Å². The molecule has 112 valence electrons. The van der Waals surface area contributed by atoms with E-state index in [2.05, 4.69) is 22.1 Å². The van der Waals surface area contributed by atoms with Gasteiger partial charge in [0.05, 0.1) is 17.4 Å². The van der Waals surface area contributed by atoms with E-state index in [-0.39, 0.29) is 5.91 Å². The van der Waals surface area contributed by atoms with Gasteiger partial charge in [-0.05, 0) is 18.9 Å². The topological polar surface area (TPSA) is 54.5 Å². The largest absolute Gasteiger partial charge is 0.385 e. The number of ether oxygens (including phenoxy) is 1. The summed E-state index contributed by atoms with van der Waals surface area (Å²) in [7, 11) is 3.67. The van der Waals surface area contributed by atoms with E-state index >= 15 is 0 Å². The van der Waals surface area contributed by atoms with Crippen LogP contribution in [0, 0.1) is 0 Å². The number of nitrogens with zero attached hydrogens (tertiary/aromatic N) is 2. The van der Waals surface area contributed by atoms with E-state index in [1.807, 2.05) is 13.1 Å². The Balaban J connectivity index is 2.55. The molecule has 1 aromatic heterocycles. The molecule has 5 heteroatoms. The summed E-state index contributed by atoms with van der Waals surface area (Å²) in [5.41, 5.74) is 1.58. The Kier molecular flexibility index (Phi) is 7.65. The summed E-state index contributed by atoms with van der Waals surface area (Å²) < 4.78 is 4.95. The minimum absolute atomic E-state index is 0.0839. The Hall–Kier alpha value is -1.62. The molecule has 0 aliphatic rings. The van der Waals surface area contributed by atoms with Crippen molar-refractivity contribution in [3.05, 3.63) is 24.0 Å². The molecule has 0 unspecified atom stereocenters. The third-order valence-corrected chi connectivity index (χ3v) is 3.08. The van der Waals surface area contributed by atoms with Gasteiger partial charge in [0.1, 0.15) is 0 Å². The molecular formula is C15H25N3O2. The number of hydrogen-bond donors (Lipinski definition) is 1. The van der Waals surface area contributed by atoms with Gasteiger partial charge in [0, 0.05) is 40.1 Å². The van der Waals surface area contributed by atoms with Crippen molar-refractivity contribution in [1.82, 2.24) is 10.3 Å².